The minimum absolute atomic E-state index is 0.110. The van der Waals surface area contributed by atoms with E-state index in [1.54, 1.807) is 4.57 Å². The first-order valence-electron chi connectivity index (χ1n) is 14.5. The number of benzene rings is 2. The third-order valence-electron chi connectivity index (χ3n) is 7.28. The number of rotatable bonds is 10. The molecule has 0 aliphatic carbocycles. The highest BCUT2D eigenvalue weighted by Gasteiger charge is 2.25. The lowest BCUT2D eigenvalue weighted by Gasteiger charge is -2.23. The van der Waals surface area contributed by atoms with Crippen LogP contribution in [0.25, 0.3) is 28.3 Å². The number of H-pyrrole nitrogens is 1. The molecule has 0 radical (unpaired) electrons. The first kappa shape index (κ1) is 29.7. The van der Waals surface area contributed by atoms with Gasteiger partial charge in [-0.05, 0) is 37.0 Å². The molecular weight excluding hydrogens is 546 g/mol. The standard InChI is InChI=1S/C32H37N7O4/c1-7-11-26-25(29(40)38(30-33-20(3)35-39(26)30)19-27(32(4,5)6)36-42-8-2)18-21-14-16-22(17-15-21)23-12-9-10-13-24(23)28-34-31(41)43-37-28/h9-10,12-17H,7-8,11,18-19H2,1-6H3,(H,34,37,41). The van der Waals surface area contributed by atoms with Crippen molar-refractivity contribution in [1.82, 2.24) is 29.3 Å². The second-order valence-electron chi connectivity index (χ2n) is 11.5. The van der Waals surface area contributed by atoms with Crippen molar-refractivity contribution < 1.29 is 9.36 Å². The van der Waals surface area contributed by atoms with Crippen LogP contribution in [0.1, 0.15) is 63.7 Å². The molecule has 1 N–H and O–H groups in total. The van der Waals surface area contributed by atoms with E-state index >= 15 is 0 Å². The number of aromatic nitrogens is 6. The molecule has 0 aliphatic rings. The minimum Gasteiger partial charge on any atom is -0.396 e. The van der Waals surface area contributed by atoms with Gasteiger partial charge in [-0.1, -0.05) is 93.0 Å². The molecule has 0 saturated heterocycles. The normalized spacial score (nSPS) is 12.3. The van der Waals surface area contributed by atoms with Gasteiger partial charge in [0.2, 0.25) is 5.78 Å². The van der Waals surface area contributed by atoms with E-state index in [4.69, 9.17) is 14.5 Å². The minimum atomic E-state index is -0.605. The number of nitrogens with zero attached hydrogens (tertiary/aromatic N) is 6. The van der Waals surface area contributed by atoms with Crippen LogP contribution in [0.15, 0.2) is 67.8 Å². The van der Waals surface area contributed by atoms with Crippen LogP contribution >= 0.6 is 0 Å². The number of fused-ring (bicyclic) bond motifs is 1. The van der Waals surface area contributed by atoms with Crippen LogP contribution in [0, 0.1) is 12.3 Å². The van der Waals surface area contributed by atoms with E-state index in [-0.39, 0.29) is 17.5 Å². The second kappa shape index (κ2) is 12.2. The van der Waals surface area contributed by atoms with Gasteiger partial charge >= 0.3 is 5.76 Å². The third-order valence-corrected chi connectivity index (χ3v) is 7.28. The quantitative estimate of drug-likeness (QED) is 0.177. The van der Waals surface area contributed by atoms with E-state index in [1.807, 2.05) is 66.9 Å². The third kappa shape index (κ3) is 6.20. The summed E-state index contributed by atoms with van der Waals surface area (Å²) < 4.78 is 8.21. The van der Waals surface area contributed by atoms with Gasteiger partial charge < -0.3 is 4.84 Å². The summed E-state index contributed by atoms with van der Waals surface area (Å²) in [5, 5.41) is 12.9. The molecule has 0 unspecified atom stereocenters. The van der Waals surface area contributed by atoms with Crippen molar-refractivity contribution in [3.05, 3.63) is 92.1 Å². The van der Waals surface area contributed by atoms with Crippen LogP contribution in [0.4, 0.5) is 0 Å². The van der Waals surface area contributed by atoms with Gasteiger partial charge in [0.05, 0.1) is 18.0 Å². The van der Waals surface area contributed by atoms with Gasteiger partial charge in [-0.2, -0.15) is 10.1 Å². The van der Waals surface area contributed by atoms with Gasteiger partial charge in [0.1, 0.15) is 12.4 Å². The van der Waals surface area contributed by atoms with Crippen LogP contribution in [-0.4, -0.2) is 41.6 Å². The number of nitrogens with one attached hydrogen (secondary N) is 1. The van der Waals surface area contributed by atoms with Crippen molar-refractivity contribution in [2.45, 2.75) is 67.3 Å². The molecule has 43 heavy (non-hydrogen) atoms. The highest BCUT2D eigenvalue weighted by Crippen LogP contribution is 2.30. The van der Waals surface area contributed by atoms with Crippen molar-refractivity contribution in [3.8, 4) is 22.5 Å². The predicted molar refractivity (Wildman–Crippen MR) is 165 cm³/mol. The maximum Gasteiger partial charge on any atom is 0.439 e. The van der Waals surface area contributed by atoms with Crippen molar-refractivity contribution in [1.29, 1.82) is 0 Å². The molecule has 0 fully saturated rings. The fourth-order valence-corrected chi connectivity index (χ4v) is 5.07. The van der Waals surface area contributed by atoms with Gasteiger partial charge in [0.25, 0.3) is 5.56 Å². The summed E-state index contributed by atoms with van der Waals surface area (Å²) >= 11 is 0. The van der Waals surface area contributed by atoms with Gasteiger partial charge in [-0.25, -0.2) is 9.31 Å². The molecule has 0 atom stereocenters. The molecular formula is C32H37N7O4. The van der Waals surface area contributed by atoms with Crippen LogP contribution in [-0.2, 0) is 24.2 Å². The van der Waals surface area contributed by atoms with Gasteiger partial charge in [-0.3, -0.25) is 18.9 Å². The zero-order chi connectivity index (χ0) is 30.7. The fraction of sp³-hybridized carbons (Fsp3) is 0.375. The van der Waals surface area contributed by atoms with Gasteiger partial charge in [-0.15, -0.1) is 0 Å². The van der Waals surface area contributed by atoms with Gasteiger partial charge in [0.15, 0.2) is 5.82 Å². The molecule has 0 amide bonds. The molecule has 11 heteroatoms. The van der Waals surface area contributed by atoms with Crippen molar-refractivity contribution in [2.24, 2.45) is 10.6 Å². The van der Waals surface area contributed by atoms with Gasteiger partial charge in [0, 0.05) is 23.0 Å². The zero-order valence-electron chi connectivity index (χ0n) is 25.5. The number of oxime groups is 1. The first-order chi connectivity index (χ1) is 20.6. The lowest BCUT2D eigenvalue weighted by atomic mass is 9.90. The Hall–Kier alpha value is -4.80. The van der Waals surface area contributed by atoms with E-state index in [1.165, 1.54) is 0 Å². The topological polar surface area (TPSA) is 133 Å². The summed E-state index contributed by atoms with van der Waals surface area (Å²) in [5.74, 6) is 0.861. The summed E-state index contributed by atoms with van der Waals surface area (Å²) in [4.78, 5) is 38.5. The number of hydrogen-bond donors (Lipinski definition) is 1. The van der Waals surface area contributed by atoms with Crippen molar-refractivity contribution in [3.63, 3.8) is 0 Å². The largest absolute Gasteiger partial charge is 0.439 e. The summed E-state index contributed by atoms with van der Waals surface area (Å²) in [6.07, 6.45) is 1.96. The molecule has 0 aliphatic heterocycles. The smallest absolute Gasteiger partial charge is 0.396 e. The number of aryl methyl sites for hydroxylation is 2. The van der Waals surface area contributed by atoms with Crippen molar-refractivity contribution in [2.75, 3.05) is 6.61 Å². The molecule has 2 aromatic carbocycles. The summed E-state index contributed by atoms with van der Waals surface area (Å²) in [6.45, 7) is 12.6. The van der Waals surface area contributed by atoms with E-state index in [0.717, 1.165) is 40.1 Å². The average Bonchev–Trinajstić information content (AvgIpc) is 3.59. The summed E-state index contributed by atoms with van der Waals surface area (Å²) in [5.41, 5.74) is 5.42. The van der Waals surface area contributed by atoms with Crippen LogP contribution in [0.2, 0.25) is 0 Å². The van der Waals surface area contributed by atoms with E-state index in [2.05, 4.69) is 48.0 Å². The molecule has 0 saturated carbocycles. The Bertz CT molecular complexity index is 1890. The molecule has 3 aromatic heterocycles. The highest BCUT2D eigenvalue weighted by molar-refractivity contribution is 5.89. The Morgan fingerprint density at radius 3 is 2.40 bits per heavy atom. The van der Waals surface area contributed by atoms with Crippen molar-refractivity contribution >= 4 is 11.5 Å². The predicted octanol–water partition coefficient (Wildman–Crippen LogP) is 5.19. The Balaban J connectivity index is 1.57. The fourth-order valence-electron chi connectivity index (χ4n) is 5.07. The van der Waals surface area contributed by atoms with Crippen LogP contribution < -0.4 is 11.3 Å². The molecule has 11 nitrogen and oxygen atoms in total. The summed E-state index contributed by atoms with van der Waals surface area (Å²) in [7, 11) is 0. The number of aromatic amines is 1. The molecule has 5 rings (SSSR count). The number of hydrogen-bond acceptors (Lipinski definition) is 8. The molecule has 224 valence electrons. The Kier molecular flexibility index (Phi) is 8.43. The average molecular weight is 584 g/mol. The highest BCUT2D eigenvalue weighted by atomic mass is 16.6. The maximum absolute atomic E-state index is 14.3. The lowest BCUT2D eigenvalue weighted by Crippen LogP contribution is -2.35. The van der Waals surface area contributed by atoms with E-state index in [0.29, 0.717) is 42.4 Å². The maximum atomic E-state index is 14.3. The van der Waals surface area contributed by atoms with E-state index in [9.17, 15) is 9.59 Å². The Morgan fingerprint density at radius 1 is 1.05 bits per heavy atom. The monoisotopic (exact) mass is 583 g/mol. The van der Waals surface area contributed by atoms with E-state index < -0.39 is 5.76 Å². The first-order valence-corrected chi connectivity index (χ1v) is 14.5. The molecule has 0 spiro atoms. The Labute approximate surface area is 249 Å². The second-order valence-corrected chi connectivity index (χ2v) is 11.5. The Morgan fingerprint density at radius 2 is 1.77 bits per heavy atom. The summed E-state index contributed by atoms with van der Waals surface area (Å²) in [6, 6.07) is 15.7. The van der Waals surface area contributed by atoms with Crippen LogP contribution in [0.5, 0.6) is 0 Å². The molecule has 5 aromatic rings. The molecule has 3 heterocycles. The van der Waals surface area contributed by atoms with Crippen LogP contribution in [0.3, 0.4) is 0 Å². The zero-order valence-corrected chi connectivity index (χ0v) is 25.5. The molecule has 0 bridgehead atoms. The SMILES string of the molecule is CCCc1c(Cc2ccc(-c3ccccc3-c3noc(=O)[nH]3)cc2)c(=O)n(CC(=NOCC)C(C)(C)C)c2nc(C)nn12. The lowest BCUT2D eigenvalue weighted by molar-refractivity contribution is 0.154.